The first-order chi connectivity index (χ1) is 23.1. The predicted molar refractivity (Wildman–Crippen MR) is 198 cm³/mol. The maximum absolute atomic E-state index is 5.22. The largest absolute Gasteiger partial charge is 0.309 e. The van der Waals surface area contributed by atoms with Crippen molar-refractivity contribution in [2.75, 3.05) is 0 Å². The van der Waals surface area contributed by atoms with Crippen LogP contribution in [-0.2, 0) is 5.41 Å². The molecule has 0 N–H and O–H groups in total. The highest BCUT2D eigenvalue weighted by molar-refractivity contribution is 7.25. The minimum Gasteiger partial charge on any atom is -0.309 e. The van der Waals surface area contributed by atoms with E-state index >= 15 is 0 Å². The average molecular weight is 620 g/mol. The second-order valence-corrected chi connectivity index (χ2v) is 14.1. The Morgan fingerprint density at radius 1 is 0.553 bits per heavy atom. The van der Waals surface area contributed by atoms with Crippen LogP contribution in [0.3, 0.4) is 0 Å². The van der Waals surface area contributed by atoms with Crippen LogP contribution in [0.5, 0.6) is 0 Å². The number of aromatic nitrogens is 3. The average Bonchev–Trinajstić information content (AvgIpc) is 3.73. The van der Waals surface area contributed by atoms with Crippen LogP contribution in [0, 0.1) is 0 Å². The third-order valence-electron chi connectivity index (χ3n) is 10.0. The van der Waals surface area contributed by atoms with E-state index in [1.165, 1.54) is 54.1 Å². The predicted octanol–water partition coefficient (Wildman–Crippen LogP) is 11.6. The lowest BCUT2D eigenvalue weighted by molar-refractivity contribution is 0.661. The number of hydrogen-bond acceptors (Lipinski definition) is 3. The molecule has 10 rings (SSSR count). The zero-order valence-electron chi connectivity index (χ0n) is 26.0. The number of benzene rings is 6. The Kier molecular flexibility index (Phi) is 5.50. The van der Waals surface area contributed by atoms with Gasteiger partial charge in [0, 0.05) is 48.5 Å². The standard InChI is InChI=1S/C43H29N3S/c1-43(2)34-17-9-6-14-29(34)32-25-37-33(24-35(32)43)30-15-7-10-18-36(30)46(37)28-22-20-27(21-23-28)41-44-40(26-12-4-3-5-13-26)39-31-16-8-11-19-38(31)47-42(39)45-41/h3-25H,1-2H3. The van der Waals surface area contributed by atoms with Crippen molar-refractivity contribution < 1.29 is 0 Å². The van der Waals surface area contributed by atoms with Gasteiger partial charge >= 0.3 is 0 Å². The first kappa shape index (κ1) is 26.6. The molecular weight excluding hydrogens is 591 g/mol. The highest BCUT2D eigenvalue weighted by Gasteiger charge is 2.36. The molecule has 3 heterocycles. The zero-order chi connectivity index (χ0) is 31.3. The summed E-state index contributed by atoms with van der Waals surface area (Å²) in [5.41, 5.74) is 12.1. The van der Waals surface area contributed by atoms with Crippen molar-refractivity contribution in [3.63, 3.8) is 0 Å². The van der Waals surface area contributed by atoms with Crippen LogP contribution >= 0.6 is 11.3 Å². The molecule has 0 fully saturated rings. The summed E-state index contributed by atoms with van der Waals surface area (Å²) in [4.78, 5) is 11.4. The van der Waals surface area contributed by atoms with Crippen molar-refractivity contribution in [2.24, 2.45) is 0 Å². The van der Waals surface area contributed by atoms with E-state index in [1.54, 1.807) is 11.3 Å². The summed E-state index contributed by atoms with van der Waals surface area (Å²) in [6.45, 7) is 4.70. The van der Waals surface area contributed by atoms with Crippen LogP contribution in [0.25, 0.3) is 81.6 Å². The lowest BCUT2D eigenvalue weighted by Crippen LogP contribution is -2.14. The smallest absolute Gasteiger partial charge is 0.161 e. The van der Waals surface area contributed by atoms with Gasteiger partial charge in [0.1, 0.15) is 4.83 Å². The summed E-state index contributed by atoms with van der Waals surface area (Å²) in [5, 5.41) is 4.89. The highest BCUT2D eigenvalue weighted by Crippen LogP contribution is 2.51. The molecule has 6 aromatic carbocycles. The van der Waals surface area contributed by atoms with Gasteiger partial charge < -0.3 is 4.57 Å². The van der Waals surface area contributed by atoms with E-state index in [9.17, 15) is 0 Å². The molecule has 3 aromatic heterocycles. The van der Waals surface area contributed by atoms with Crippen molar-refractivity contribution >= 4 is 53.4 Å². The summed E-state index contributed by atoms with van der Waals surface area (Å²) in [6.07, 6.45) is 0. The molecule has 0 spiro atoms. The van der Waals surface area contributed by atoms with E-state index in [0.717, 1.165) is 38.5 Å². The molecule has 0 saturated carbocycles. The highest BCUT2D eigenvalue weighted by atomic mass is 32.1. The van der Waals surface area contributed by atoms with Gasteiger partial charge in [-0.25, -0.2) is 9.97 Å². The van der Waals surface area contributed by atoms with Crippen molar-refractivity contribution in [3.8, 4) is 39.5 Å². The first-order valence-corrected chi connectivity index (χ1v) is 16.9. The van der Waals surface area contributed by atoms with Gasteiger partial charge in [-0.15, -0.1) is 11.3 Å². The van der Waals surface area contributed by atoms with E-state index in [2.05, 4.69) is 158 Å². The molecule has 1 aliphatic carbocycles. The summed E-state index contributed by atoms with van der Waals surface area (Å²) >= 11 is 1.73. The lowest BCUT2D eigenvalue weighted by atomic mass is 9.82. The molecule has 0 bridgehead atoms. The Morgan fingerprint density at radius 2 is 1.28 bits per heavy atom. The van der Waals surface area contributed by atoms with Gasteiger partial charge in [-0.2, -0.15) is 0 Å². The molecule has 0 aliphatic heterocycles. The van der Waals surface area contributed by atoms with Gasteiger partial charge in [-0.3, -0.25) is 0 Å². The van der Waals surface area contributed by atoms with Crippen LogP contribution in [0.4, 0.5) is 0 Å². The van der Waals surface area contributed by atoms with E-state index in [0.29, 0.717) is 0 Å². The number of rotatable bonds is 3. The molecule has 3 nitrogen and oxygen atoms in total. The van der Waals surface area contributed by atoms with E-state index in [1.807, 2.05) is 0 Å². The minimum atomic E-state index is -0.0426. The molecule has 0 amide bonds. The topological polar surface area (TPSA) is 30.7 Å². The minimum absolute atomic E-state index is 0.0426. The van der Waals surface area contributed by atoms with Crippen molar-refractivity contribution in [2.45, 2.75) is 19.3 Å². The SMILES string of the molecule is CC1(C)c2ccccc2-c2cc3c(cc21)c1ccccc1n3-c1ccc(-c2nc(-c3ccccc3)c3c(n2)sc2ccccc23)cc1. The quantitative estimate of drug-likeness (QED) is 0.197. The molecule has 0 unspecified atom stereocenters. The number of para-hydroxylation sites is 1. The Hall–Kier alpha value is -5.58. The zero-order valence-corrected chi connectivity index (χ0v) is 26.8. The maximum Gasteiger partial charge on any atom is 0.161 e. The maximum atomic E-state index is 5.22. The Morgan fingerprint density at radius 3 is 2.13 bits per heavy atom. The Labute approximate surface area is 276 Å². The van der Waals surface area contributed by atoms with Crippen LogP contribution in [0.1, 0.15) is 25.0 Å². The Balaban J connectivity index is 1.16. The monoisotopic (exact) mass is 619 g/mol. The van der Waals surface area contributed by atoms with E-state index < -0.39 is 0 Å². The molecule has 0 saturated heterocycles. The third kappa shape index (κ3) is 3.79. The molecule has 222 valence electrons. The van der Waals surface area contributed by atoms with Crippen LogP contribution in [-0.4, -0.2) is 14.5 Å². The normalized spacial score (nSPS) is 13.5. The molecule has 0 atom stereocenters. The number of hydrogen-bond donors (Lipinski definition) is 0. The van der Waals surface area contributed by atoms with Gasteiger partial charge in [0.15, 0.2) is 5.82 Å². The molecule has 9 aromatic rings. The van der Waals surface area contributed by atoms with Gasteiger partial charge in [-0.1, -0.05) is 105 Å². The fourth-order valence-electron chi connectivity index (χ4n) is 7.76. The second-order valence-electron chi connectivity index (χ2n) is 13.0. The summed E-state index contributed by atoms with van der Waals surface area (Å²) in [6, 6.07) is 50.3. The van der Waals surface area contributed by atoms with Gasteiger partial charge in [0.25, 0.3) is 0 Å². The molecule has 0 radical (unpaired) electrons. The lowest BCUT2D eigenvalue weighted by Gasteiger charge is -2.21. The van der Waals surface area contributed by atoms with E-state index in [4.69, 9.17) is 9.97 Å². The summed E-state index contributed by atoms with van der Waals surface area (Å²) in [7, 11) is 0. The number of thiophene rings is 1. The van der Waals surface area contributed by atoms with Crippen molar-refractivity contribution in [3.05, 3.63) is 151 Å². The molecule has 47 heavy (non-hydrogen) atoms. The van der Waals surface area contributed by atoms with Crippen molar-refractivity contribution in [1.29, 1.82) is 0 Å². The van der Waals surface area contributed by atoms with Crippen LogP contribution < -0.4 is 0 Å². The number of nitrogens with zero attached hydrogens (tertiary/aromatic N) is 3. The molecule has 1 aliphatic rings. The fourth-order valence-corrected chi connectivity index (χ4v) is 8.83. The second kappa shape index (κ2) is 9.71. The first-order valence-electron chi connectivity index (χ1n) is 16.1. The van der Waals surface area contributed by atoms with Crippen molar-refractivity contribution in [1.82, 2.24) is 14.5 Å². The van der Waals surface area contributed by atoms with Gasteiger partial charge in [0.05, 0.1) is 16.7 Å². The molecule has 4 heteroatoms. The third-order valence-corrected chi connectivity index (χ3v) is 11.1. The van der Waals surface area contributed by atoms with Gasteiger partial charge in [-0.05, 0) is 70.8 Å². The van der Waals surface area contributed by atoms with Gasteiger partial charge in [0.2, 0.25) is 0 Å². The molecular formula is C43H29N3S. The summed E-state index contributed by atoms with van der Waals surface area (Å²) in [5.74, 6) is 0.744. The number of fused-ring (bicyclic) bond motifs is 9. The fraction of sp³-hybridized carbons (Fsp3) is 0.0698. The van der Waals surface area contributed by atoms with Crippen LogP contribution in [0.15, 0.2) is 140 Å². The van der Waals surface area contributed by atoms with Crippen LogP contribution in [0.2, 0.25) is 0 Å². The Bertz CT molecular complexity index is 2700. The summed E-state index contributed by atoms with van der Waals surface area (Å²) < 4.78 is 3.64. The van der Waals surface area contributed by atoms with E-state index in [-0.39, 0.29) is 5.41 Å².